The van der Waals surface area contributed by atoms with Gasteiger partial charge in [0.15, 0.2) is 5.96 Å². The van der Waals surface area contributed by atoms with Crippen molar-refractivity contribution in [3.8, 4) is 0 Å². The van der Waals surface area contributed by atoms with Crippen LogP contribution in [0.2, 0.25) is 0 Å². The second kappa shape index (κ2) is 10.5. The number of carbonyl (C=O) groups excluding carboxylic acids is 1. The summed E-state index contributed by atoms with van der Waals surface area (Å²) >= 11 is 0. The normalized spacial score (nSPS) is 15.4. The Hall–Kier alpha value is -1.31. The molecule has 2 N–H and O–H groups in total. The number of hydrogen-bond acceptors (Lipinski definition) is 2. The van der Waals surface area contributed by atoms with E-state index in [-0.39, 0.29) is 29.9 Å². The Labute approximate surface area is 162 Å². The van der Waals surface area contributed by atoms with Crippen LogP contribution in [-0.4, -0.2) is 55.4 Å². The second-order valence-electron chi connectivity index (χ2n) is 6.29. The first-order chi connectivity index (χ1) is 11.1. The zero-order valence-corrected chi connectivity index (χ0v) is 17.0. The number of rotatable bonds is 4. The van der Waals surface area contributed by atoms with E-state index in [9.17, 15) is 4.79 Å². The molecule has 1 saturated heterocycles. The van der Waals surface area contributed by atoms with Gasteiger partial charge in [-0.2, -0.15) is 0 Å². The molecule has 0 atom stereocenters. The van der Waals surface area contributed by atoms with Crippen molar-refractivity contribution in [1.82, 2.24) is 9.80 Å². The maximum Gasteiger partial charge on any atom is 0.253 e. The molecule has 5 nitrogen and oxygen atoms in total. The van der Waals surface area contributed by atoms with Crippen LogP contribution < -0.4 is 5.73 Å². The van der Waals surface area contributed by atoms with Crippen molar-refractivity contribution in [3.05, 3.63) is 35.4 Å². The van der Waals surface area contributed by atoms with Crippen LogP contribution in [0.25, 0.3) is 0 Å². The highest BCUT2D eigenvalue weighted by molar-refractivity contribution is 14.0. The van der Waals surface area contributed by atoms with Crippen LogP contribution in [0.4, 0.5) is 0 Å². The smallest absolute Gasteiger partial charge is 0.253 e. The maximum absolute atomic E-state index is 12.0. The van der Waals surface area contributed by atoms with Gasteiger partial charge in [-0.1, -0.05) is 25.0 Å². The van der Waals surface area contributed by atoms with Crippen LogP contribution in [0.1, 0.15) is 41.6 Å². The van der Waals surface area contributed by atoms with E-state index in [2.05, 4.69) is 9.89 Å². The van der Waals surface area contributed by atoms with Crippen LogP contribution in [0, 0.1) is 0 Å². The molecule has 1 aliphatic heterocycles. The molecular weight excluding hydrogens is 415 g/mol. The van der Waals surface area contributed by atoms with E-state index < -0.39 is 0 Å². The van der Waals surface area contributed by atoms with Gasteiger partial charge in [-0.15, -0.1) is 24.0 Å². The van der Waals surface area contributed by atoms with Gasteiger partial charge in [-0.3, -0.25) is 9.79 Å². The van der Waals surface area contributed by atoms with E-state index in [0.717, 1.165) is 30.6 Å². The first-order valence-corrected chi connectivity index (χ1v) is 8.43. The minimum Gasteiger partial charge on any atom is -0.370 e. The van der Waals surface area contributed by atoms with Gasteiger partial charge in [0.05, 0.1) is 0 Å². The van der Waals surface area contributed by atoms with E-state index in [1.807, 2.05) is 24.3 Å². The Bertz CT molecular complexity index is 552. The largest absolute Gasteiger partial charge is 0.370 e. The standard InChI is InChI=1S/C18H28N4O.HI/c1-21(2)17(23)16-9-7-8-15(14-16)10-11-20-18(19)22-12-5-3-4-6-13-22;/h7-9,14H,3-6,10-13H2,1-2H3,(H2,19,20);1H. The van der Waals surface area contributed by atoms with Crippen molar-refractivity contribution < 1.29 is 4.79 Å². The molecule has 134 valence electrons. The summed E-state index contributed by atoms with van der Waals surface area (Å²) < 4.78 is 0. The van der Waals surface area contributed by atoms with Crippen LogP contribution in [0.15, 0.2) is 29.3 Å². The molecule has 24 heavy (non-hydrogen) atoms. The van der Waals surface area contributed by atoms with Crippen LogP contribution in [-0.2, 0) is 6.42 Å². The Morgan fingerprint density at radius 2 is 1.88 bits per heavy atom. The number of halogens is 1. The number of aliphatic imine (C=N–C) groups is 1. The zero-order valence-electron chi connectivity index (χ0n) is 14.7. The van der Waals surface area contributed by atoms with Gasteiger partial charge in [-0.05, 0) is 37.0 Å². The van der Waals surface area contributed by atoms with E-state index >= 15 is 0 Å². The minimum absolute atomic E-state index is 0. The molecule has 0 saturated carbocycles. The van der Waals surface area contributed by atoms with Gasteiger partial charge in [-0.25, -0.2) is 0 Å². The third kappa shape index (κ3) is 6.30. The van der Waals surface area contributed by atoms with Crippen molar-refractivity contribution in [2.75, 3.05) is 33.7 Å². The highest BCUT2D eigenvalue weighted by Crippen LogP contribution is 2.10. The van der Waals surface area contributed by atoms with Crippen molar-refractivity contribution in [3.63, 3.8) is 0 Å². The fraction of sp³-hybridized carbons (Fsp3) is 0.556. The Kier molecular flexibility index (Phi) is 9.10. The third-order valence-corrected chi connectivity index (χ3v) is 4.18. The predicted octanol–water partition coefficient (Wildman–Crippen LogP) is 2.74. The second-order valence-corrected chi connectivity index (χ2v) is 6.29. The lowest BCUT2D eigenvalue weighted by Crippen LogP contribution is -2.38. The van der Waals surface area contributed by atoms with Crippen molar-refractivity contribution in [2.24, 2.45) is 10.7 Å². The summed E-state index contributed by atoms with van der Waals surface area (Å²) in [6, 6.07) is 7.75. The molecule has 0 spiro atoms. The average molecular weight is 444 g/mol. The highest BCUT2D eigenvalue weighted by atomic mass is 127. The first kappa shape index (κ1) is 20.7. The van der Waals surface area contributed by atoms with Crippen molar-refractivity contribution >= 4 is 35.8 Å². The van der Waals surface area contributed by atoms with Crippen molar-refractivity contribution in [2.45, 2.75) is 32.1 Å². The average Bonchev–Trinajstić information content (AvgIpc) is 2.83. The van der Waals surface area contributed by atoms with Crippen LogP contribution in [0.3, 0.4) is 0 Å². The Morgan fingerprint density at radius 3 is 2.50 bits per heavy atom. The van der Waals surface area contributed by atoms with E-state index in [0.29, 0.717) is 12.5 Å². The number of carbonyl (C=O) groups is 1. The van der Waals surface area contributed by atoms with E-state index in [4.69, 9.17) is 5.73 Å². The number of likely N-dealkylation sites (tertiary alicyclic amines) is 1. The van der Waals surface area contributed by atoms with Gasteiger partial charge in [0.2, 0.25) is 0 Å². The molecule has 0 radical (unpaired) electrons. The number of guanidine groups is 1. The molecule has 1 aromatic carbocycles. The van der Waals surface area contributed by atoms with Gasteiger partial charge in [0.1, 0.15) is 0 Å². The lowest BCUT2D eigenvalue weighted by Gasteiger charge is -2.21. The molecule has 0 unspecified atom stereocenters. The molecule has 1 amide bonds. The molecule has 1 aliphatic rings. The summed E-state index contributed by atoms with van der Waals surface area (Å²) in [6.07, 6.45) is 5.77. The molecular formula is C18H29IN4O. The lowest BCUT2D eigenvalue weighted by molar-refractivity contribution is 0.0827. The number of hydrogen-bond donors (Lipinski definition) is 1. The predicted molar refractivity (Wildman–Crippen MR) is 110 cm³/mol. The van der Waals surface area contributed by atoms with Gasteiger partial charge in [0.25, 0.3) is 5.91 Å². The van der Waals surface area contributed by atoms with Crippen LogP contribution in [0.5, 0.6) is 0 Å². The SMILES string of the molecule is CN(C)C(=O)c1cccc(CCN=C(N)N2CCCCCC2)c1.I. The minimum atomic E-state index is 0. The molecule has 2 rings (SSSR count). The molecule has 1 fully saturated rings. The van der Waals surface area contributed by atoms with Gasteiger partial charge >= 0.3 is 0 Å². The number of nitrogens with zero attached hydrogens (tertiary/aromatic N) is 3. The summed E-state index contributed by atoms with van der Waals surface area (Å²) in [7, 11) is 3.53. The number of nitrogens with two attached hydrogens (primary N) is 1. The van der Waals surface area contributed by atoms with Crippen LogP contribution >= 0.6 is 24.0 Å². The lowest BCUT2D eigenvalue weighted by atomic mass is 10.1. The fourth-order valence-corrected chi connectivity index (χ4v) is 2.82. The highest BCUT2D eigenvalue weighted by Gasteiger charge is 2.11. The molecule has 0 aliphatic carbocycles. The van der Waals surface area contributed by atoms with E-state index in [1.54, 1.807) is 19.0 Å². The summed E-state index contributed by atoms with van der Waals surface area (Å²) in [5.74, 6) is 0.687. The molecule has 1 aromatic rings. The summed E-state index contributed by atoms with van der Waals surface area (Å²) in [6.45, 7) is 2.69. The zero-order chi connectivity index (χ0) is 16.7. The maximum atomic E-state index is 12.0. The van der Waals surface area contributed by atoms with Crippen molar-refractivity contribution in [1.29, 1.82) is 0 Å². The molecule has 6 heteroatoms. The third-order valence-electron chi connectivity index (χ3n) is 4.18. The quantitative estimate of drug-likeness (QED) is 0.442. The molecule has 0 bridgehead atoms. The first-order valence-electron chi connectivity index (χ1n) is 8.43. The topological polar surface area (TPSA) is 61.9 Å². The van der Waals surface area contributed by atoms with Gasteiger partial charge < -0.3 is 15.5 Å². The summed E-state index contributed by atoms with van der Waals surface area (Å²) in [5, 5.41) is 0. The Balaban J connectivity index is 0.00000288. The summed E-state index contributed by atoms with van der Waals surface area (Å²) in [4.78, 5) is 20.3. The van der Waals surface area contributed by atoms with Gasteiger partial charge in [0, 0.05) is 39.3 Å². The van der Waals surface area contributed by atoms with E-state index in [1.165, 1.54) is 25.7 Å². The summed E-state index contributed by atoms with van der Waals surface area (Å²) in [5.41, 5.74) is 7.95. The number of amides is 1. The Morgan fingerprint density at radius 1 is 1.21 bits per heavy atom. The molecule has 0 aromatic heterocycles. The number of benzene rings is 1. The molecule has 1 heterocycles. The fourth-order valence-electron chi connectivity index (χ4n) is 2.82. The monoisotopic (exact) mass is 444 g/mol.